The monoisotopic (exact) mass is 298 g/mol. The maximum absolute atomic E-state index is 13.1. The Morgan fingerprint density at radius 2 is 1.86 bits per heavy atom. The molecule has 0 atom stereocenters. The Bertz CT molecular complexity index is 557. The normalized spacial score (nSPS) is 15.0. The molecule has 2 rings (SSSR count). The van der Waals surface area contributed by atoms with Crippen LogP contribution in [-0.2, 0) is 9.53 Å². The number of nitrogens with two attached hydrogens (primary N) is 1. The Hall–Kier alpha value is -2.18. The lowest BCUT2D eigenvalue weighted by molar-refractivity contribution is -0.124. The van der Waals surface area contributed by atoms with Gasteiger partial charge in [-0.3, -0.25) is 4.79 Å². The van der Waals surface area contributed by atoms with E-state index in [-0.39, 0.29) is 17.3 Å². The fraction of sp³-hybridized carbons (Fsp3) is 0.429. The van der Waals surface area contributed by atoms with Crippen LogP contribution in [0.15, 0.2) is 12.1 Å². The Kier molecular flexibility index (Phi) is 4.72. The highest BCUT2D eigenvalue weighted by molar-refractivity contribution is 5.96. The second kappa shape index (κ2) is 6.51. The Labute approximate surface area is 120 Å². The Balaban J connectivity index is 1.89. The van der Waals surface area contributed by atoms with E-state index in [0.717, 1.165) is 25.7 Å². The minimum absolute atomic E-state index is 0.115. The van der Waals surface area contributed by atoms with Crippen molar-refractivity contribution in [1.29, 1.82) is 0 Å². The molecule has 1 saturated carbocycles. The summed E-state index contributed by atoms with van der Waals surface area (Å²) < 4.78 is 30.7. The van der Waals surface area contributed by atoms with E-state index in [4.69, 9.17) is 10.5 Å². The number of nitrogen functional groups attached to an aromatic ring is 1. The van der Waals surface area contributed by atoms with E-state index in [2.05, 4.69) is 5.32 Å². The number of carbonyl (C=O) groups excluding carboxylic acids is 2. The van der Waals surface area contributed by atoms with Gasteiger partial charge in [-0.15, -0.1) is 0 Å². The number of amides is 1. The van der Waals surface area contributed by atoms with Gasteiger partial charge in [-0.2, -0.15) is 0 Å². The molecule has 0 bridgehead atoms. The maximum atomic E-state index is 13.1. The highest BCUT2D eigenvalue weighted by Crippen LogP contribution is 2.19. The van der Waals surface area contributed by atoms with Crippen molar-refractivity contribution in [1.82, 2.24) is 5.32 Å². The van der Waals surface area contributed by atoms with Crippen LogP contribution in [0, 0.1) is 11.6 Å². The fourth-order valence-electron chi connectivity index (χ4n) is 2.29. The summed E-state index contributed by atoms with van der Waals surface area (Å²) in [6.07, 6.45) is 3.96. The molecule has 1 amide bonds. The first-order chi connectivity index (χ1) is 9.97. The lowest BCUT2D eigenvalue weighted by atomic mass is 10.1. The van der Waals surface area contributed by atoms with Crippen molar-refractivity contribution >= 4 is 17.6 Å². The van der Waals surface area contributed by atoms with Crippen LogP contribution in [0.3, 0.4) is 0 Å². The molecule has 1 aromatic rings. The first-order valence-corrected chi connectivity index (χ1v) is 6.68. The van der Waals surface area contributed by atoms with E-state index < -0.39 is 30.1 Å². The fourth-order valence-corrected chi connectivity index (χ4v) is 2.29. The predicted octanol–water partition coefficient (Wildman–Crippen LogP) is 1.76. The molecule has 114 valence electrons. The van der Waals surface area contributed by atoms with Gasteiger partial charge in [0.15, 0.2) is 18.2 Å². The summed E-state index contributed by atoms with van der Waals surface area (Å²) in [5.41, 5.74) is 4.88. The second-order valence-electron chi connectivity index (χ2n) is 4.98. The van der Waals surface area contributed by atoms with Crippen LogP contribution in [0.2, 0.25) is 0 Å². The molecule has 5 nitrogen and oxygen atoms in total. The standard InChI is InChI=1S/C14H16F2N2O3/c15-10-5-9(12(17)6-11(10)16)14(20)21-7-13(19)18-8-3-1-2-4-8/h5-6,8H,1-4,7,17H2,(H,18,19). The van der Waals surface area contributed by atoms with Crippen molar-refractivity contribution in [3.8, 4) is 0 Å². The molecule has 21 heavy (non-hydrogen) atoms. The van der Waals surface area contributed by atoms with Gasteiger partial charge in [-0.25, -0.2) is 13.6 Å². The zero-order chi connectivity index (χ0) is 15.4. The summed E-state index contributed by atoms with van der Waals surface area (Å²) in [7, 11) is 0. The number of ether oxygens (including phenoxy) is 1. The first kappa shape index (κ1) is 15.2. The molecule has 0 heterocycles. The van der Waals surface area contributed by atoms with Gasteiger partial charge in [0.25, 0.3) is 5.91 Å². The molecule has 0 aliphatic heterocycles. The molecular weight excluding hydrogens is 282 g/mol. The Morgan fingerprint density at radius 1 is 1.24 bits per heavy atom. The van der Waals surface area contributed by atoms with Gasteiger partial charge in [0.05, 0.1) is 5.56 Å². The third-order valence-electron chi connectivity index (χ3n) is 3.37. The quantitative estimate of drug-likeness (QED) is 0.655. The minimum atomic E-state index is -1.20. The van der Waals surface area contributed by atoms with E-state index in [1.807, 2.05) is 0 Å². The number of halogens is 2. The van der Waals surface area contributed by atoms with Crippen LogP contribution in [0.5, 0.6) is 0 Å². The van der Waals surface area contributed by atoms with Crippen LogP contribution in [0.25, 0.3) is 0 Å². The average molecular weight is 298 g/mol. The molecule has 0 unspecified atom stereocenters. The summed E-state index contributed by atoms with van der Waals surface area (Å²) in [5, 5.41) is 2.74. The maximum Gasteiger partial charge on any atom is 0.340 e. The van der Waals surface area contributed by atoms with Gasteiger partial charge in [-0.1, -0.05) is 12.8 Å². The molecular formula is C14H16F2N2O3. The summed E-state index contributed by atoms with van der Waals surface area (Å²) >= 11 is 0. The molecule has 3 N–H and O–H groups in total. The summed E-state index contributed by atoms with van der Waals surface area (Å²) in [6.45, 7) is -0.478. The molecule has 1 aromatic carbocycles. The van der Waals surface area contributed by atoms with Gasteiger partial charge >= 0.3 is 5.97 Å². The van der Waals surface area contributed by atoms with Crippen LogP contribution in [0.4, 0.5) is 14.5 Å². The summed E-state index contributed by atoms with van der Waals surface area (Å²) in [4.78, 5) is 23.3. The molecule has 0 radical (unpaired) electrons. The third-order valence-corrected chi connectivity index (χ3v) is 3.37. The topological polar surface area (TPSA) is 81.4 Å². The van der Waals surface area contributed by atoms with Crippen molar-refractivity contribution < 1.29 is 23.1 Å². The van der Waals surface area contributed by atoms with Crippen molar-refractivity contribution in [2.45, 2.75) is 31.7 Å². The summed E-state index contributed by atoms with van der Waals surface area (Å²) in [6, 6.07) is 1.47. The highest BCUT2D eigenvalue weighted by atomic mass is 19.2. The van der Waals surface area contributed by atoms with E-state index in [9.17, 15) is 18.4 Å². The third kappa shape index (κ3) is 3.90. The van der Waals surface area contributed by atoms with Crippen LogP contribution >= 0.6 is 0 Å². The van der Waals surface area contributed by atoms with E-state index in [1.165, 1.54) is 0 Å². The van der Waals surface area contributed by atoms with E-state index in [1.54, 1.807) is 0 Å². The number of carbonyl (C=O) groups is 2. The van der Waals surface area contributed by atoms with Gasteiger partial charge in [0.1, 0.15) is 0 Å². The molecule has 1 aliphatic rings. The number of anilines is 1. The highest BCUT2D eigenvalue weighted by Gasteiger charge is 2.19. The molecule has 7 heteroatoms. The van der Waals surface area contributed by atoms with Crippen molar-refractivity contribution in [2.75, 3.05) is 12.3 Å². The van der Waals surface area contributed by atoms with E-state index >= 15 is 0 Å². The van der Waals surface area contributed by atoms with Gasteiger partial charge in [0.2, 0.25) is 0 Å². The lowest BCUT2D eigenvalue weighted by Crippen LogP contribution is -2.36. The average Bonchev–Trinajstić information content (AvgIpc) is 2.93. The number of hydrogen-bond donors (Lipinski definition) is 2. The number of rotatable bonds is 4. The van der Waals surface area contributed by atoms with Crippen LogP contribution in [0.1, 0.15) is 36.0 Å². The largest absolute Gasteiger partial charge is 0.452 e. The van der Waals surface area contributed by atoms with Crippen LogP contribution in [-0.4, -0.2) is 24.5 Å². The molecule has 0 spiro atoms. The summed E-state index contributed by atoms with van der Waals surface area (Å²) in [5.74, 6) is -3.74. The lowest BCUT2D eigenvalue weighted by Gasteiger charge is -2.12. The Morgan fingerprint density at radius 3 is 2.52 bits per heavy atom. The number of hydrogen-bond acceptors (Lipinski definition) is 4. The smallest absolute Gasteiger partial charge is 0.340 e. The zero-order valence-corrected chi connectivity index (χ0v) is 11.3. The van der Waals surface area contributed by atoms with Crippen molar-refractivity contribution in [3.05, 3.63) is 29.3 Å². The molecule has 1 aliphatic carbocycles. The van der Waals surface area contributed by atoms with E-state index in [0.29, 0.717) is 12.1 Å². The van der Waals surface area contributed by atoms with Crippen molar-refractivity contribution in [3.63, 3.8) is 0 Å². The first-order valence-electron chi connectivity index (χ1n) is 6.68. The minimum Gasteiger partial charge on any atom is -0.452 e. The number of nitrogens with one attached hydrogen (secondary N) is 1. The number of esters is 1. The molecule has 0 aromatic heterocycles. The van der Waals surface area contributed by atoms with Gasteiger partial charge in [0, 0.05) is 17.8 Å². The predicted molar refractivity (Wildman–Crippen MR) is 71.5 cm³/mol. The van der Waals surface area contributed by atoms with Gasteiger partial charge < -0.3 is 15.8 Å². The molecule has 0 saturated heterocycles. The SMILES string of the molecule is Nc1cc(F)c(F)cc1C(=O)OCC(=O)NC1CCCC1. The molecule has 1 fully saturated rings. The second-order valence-corrected chi connectivity index (χ2v) is 4.98. The zero-order valence-electron chi connectivity index (χ0n) is 11.3. The van der Waals surface area contributed by atoms with Crippen LogP contribution < -0.4 is 11.1 Å². The van der Waals surface area contributed by atoms with Crippen molar-refractivity contribution in [2.24, 2.45) is 0 Å². The number of benzene rings is 1. The van der Waals surface area contributed by atoms with Gasteiger partial charge in [-0.05, 0) is 18.9 Å².